The molecular weight excluding hydrogens is 409 g/mol. The number of pyridine rings is 1. The molecule has 3 aromatic rings. The van der Waals surface area contributed by atoms with Crippen molar-refractivity contribution in [2.75, 3.05) is 18.4 Å². The highest BCUT2D eigenvalue weighted by Crippen LogP contribution is 2.30. The largest absolute Gasteiger partial charge is 0.417 e. The van der Waals surface area contributed by atoms with E-state index >= 15 is 0 Å². The molecule has 2 N–H and O–H groups in total. The molecule has 3 rings (SSSR count). The van der Waals surface area contributed by atoms with Crippen LogP contribution in [0, 0.1) is 6.92 Å². The molecule has 0 atom stereocenters. The Morgan fingerprint density at radius 2 is 2.04 bits per heavy atom. The summed E-state index contributed by atoms with van der Waals surface area (Å²) in [5.74, 6) is 0.183. The summed E-state index contributed by atoms with van der Waals surface area (Å²) >= 11 is 2.93. The lowest BCUT2D eigenvalue weighted by Crippen LogP contribution is -2.25. The highest BCUT2D eigenvalue weighted by molar-refractivity contribution is 7.17. The summed E-state index contributed by atoms with van der Waals surface area (Å²) < 4.78 is 37.5. The number of thiophene rings is 1. The van der Waals surface area contributed by atoms with E-state index in [4.69, 9.17) is 0 Å². The smallest absolute Gasteiger partial charge is 0.370 e. The number of aryl methyl sites for hydroxylation is 1. The van der Waals surface area contributed by atoms with Gasteiger partial charge < -0.3 is 10.6 Å². The average molecular weight is 426 g/mol. The summed E-state index contributed by atoms with van der Waals surface area (Å²) in [6.45, 7) is 2.71. The van der Waals surface area contributed by atoms with Crippen LogP contribution in [0.25, 0.3) is 10.6 Å². The van der Waals surface area contributed by atoms with Crippen molar-refractivity contribution < 1.29 is 18.0 Å². The summed E-state index contributed by atoms with van der Waals surface area (Å²) in [5, 5.41) is 10.5. The second kappa shape index (κ2) is 8.70. The van der Waals surface area contributed by atoms with Crippen molar-refractivity contribution in [1.29, 1.82) is 0 Å². The average Bonchev–Trinajstić information content (AvgIpc) is 3.30. The molecule has 3 heterocycles. The van der Waals surface area contributed by atoms with Crippen molar-refractivity contribution in [2.24, 2.45) is 0 Å². The highest BCUT2D eigenvalue weighted by Gasteiger charge is 2.30. The molecule has 0 unspecified atom stereocenters. The number of anilines is 1. The van der Waals surface area contributed by atoms with Gasteiger partial charge in [-0.2, -0.15) is 24.5 Å². The van der Waals surface area contributed by atoms with Crippen molar-refractivity contribution >= 4 is 34.4 Å². The first kappa shape index (κ1) is 20.3. The van der Waals surface area contributed by atoms with Crippen LogP contribution in [0.2, 0.25) is 0 Å². The number of halogens is 3. The molecular formula is C18H17F3N4OS2. The minimum atomic E-state index is -4.39. The molecule has 28 heavy (non-hydrogen) atoms. The maximum Gasteiger partial charge on any atom is 0.417 e. The van der Waals surface area contributed by atoms with E-state index in [0.29, 0.717) is 35.9 Å². The highest BCUT2D eigenvalue weighted by atomic mass is 32.1. The first-order chi connectivity index (χ1) is 13.3. The third-order valence-electron chi connectivity index (χ3n) is 3.81. The molecule has 0 saturated heterocycles. The molecule has 0 fully saturated rings. The standard InChI is InChI=1S/C18H17F3N4OS2/c1-11-15(28-17(25-11)12-5-8-27-10-12)16(26)23-7-2-6-22-14-4-3-13(9-24-14)18(19,20)21/h3-5,8-10H,2,6-7H2,1H3,(H,22,24)(H,23,26). The summed E-state index contributed by atoms with van der Waals surface area (Å²) in [6.07, 6.45) is -3.00. The summed E-state index contributed by atoms with van der Waals surface area (Å²) in [6, 6.07) is 4.23. The van der Waals surface area contributed by atoms with E-state index in [0.717, 1.165) is 22.8 Å². The predicted molar refractivity (Wildman–Crippen MR) is 105 cm³/mol. The Bertz CT molecular complexity index is 921. The number of nitrogens with one attached hydrogen (secondary N) is 2. The van der Waals surface area contributed by atoms with E-state index < -0.39 is 11.7 Å². The molecule has 0 radical (unpaired) electrons. The monoisotopic (exact) mass is 426 g/mol. The number of aromatic nitrogens is 2. The quantitative estimate of drug-likeness (QED) is 0.532. The van der Waals surface area contributed by atoms with Crippen LogP contribution in [0.4, 0.5) is 19.0 Å². The van der Waals surface area contributed by atoms with E-state index in [-0.39, 0.29) is 5.91 Å². The maximum absolute atomic E-state index is 12.5. The Balaban J connectivity index is 1.44. The Morgan fingerprint density at radius 1 is 1.21 bits per heavy atom. The second-order valence-corrected chi connectivity index (χ2v) is 7.69. The van der Waals surface area contributed by atoms with Crippen molar-refractivity contribution in [3.8, 4) is 10.6 Å². The summed E-state index contributed by atoms with van der Waals surface area (Å²) in [5.41, 5.74) is 0.910. The minimum Gasteiger partial charge on any atom is -0.370 e. The van der Waals surface area contributed by atoms with Crippen molar-refractivity contribution in [3.05, 3.63) is 51.3 Å². The zero-order valence-corrected chi connectivity index (χ0v) is 16.5. The number of thiazole rings is 1. The third kappa shape index (κ3) is 5.08. The molecule has 0 spiro atoms. The zero-order valence-electron chi connectivity index (χ0n) is 14.8. The van der Waals surface area contributed by atoms with Gasteiger partial charge in [-0.1, -0.05) is 0 Å². The number of hydrogen-bond acceptors (Lipinski definition) is 6. The van der Waals surface area contributed by atoms with Crippen LogP contribution >= 0.6 is 22.7 Å². The van der Waals surface area contributed by atoms with Gasteiger partial charge in [-0.25, -0.2) is 9.97 Å². The van der Waals surface area contributed by atoms with Gasteiger partial charge in [0.15, 0.2) is 0 Å². The van der Waals surface area contributed by atoms with E-state index in [1.807, 2.05) is 16.8 Å². The Kier molecular flexibility index (Phi) is 6.30. The third-order valence-corrected chi connectivity index (χ3v) is 5.70. The van der Waals surface area contributed by atoms with Crippen LogP contribution in [-0.4, -0.2) is 29.0 Å². The molecule has 0 aliphatic rings. The van der Waals surface area contributed by atoms with Gasteiger partial charge >= 0.3 is 6.18 Å². The van der Waals surface area contributed by atoms with Gasteiger partial charge in [-0.05, 0) is 36.9 Å². The van der Waals surface area contributed by atoms with Crippen LogP contribution in [0.5, 0.6) is 0 Å². The fourth-order valence-electron chi connectivity index (χ4n) is 2.37. The number of rotatable bonds is 7. The van der Waals surface area contributed by atoms with E-state index in [1.54, 1.807) is 18.3 Å². The summed E-state index contributed by atoms with van der Waals surface area (Å²) in [4.78, 5) is 21.1. The maximum atomic E-state index is 12.5. The fraction of sp³-hybridized carbons (Fsp3) is 0.278. The van der Waals surface area contributed by atoms with Gasteiger partial charge in [0.2, 0.25) is 0 Å². The normalized spacial score (nSPS) is 11.4. The van der Waals surface area contributed by atoms with E-state index in [1.165, 1.54) is 17.4 Å². The van der Waals surface area contributed by atoms with Gasteiger partial charge in [0, 0.05) is 30.2 Å². The fourth-order valence-corrected chi connectivity index (χ4v) is 4.06. The van der Waals surface area contributed by atoms with E-state index in [9.17, 15) is 18.0 Å². The van der Waals surface area contributed by atoms with Gasteiger partial charge in [-0.15, -0.1) is 11.3 Å². The molecule has 1 amide bonds. The molecule has 3 aromatic heterocycles. The lowest BCUT2D eigenvalue weighted by Gasteiger charge is -2.09. The van der Waals surface area contributed by atoms with Gasteiger partial charge in [0.25, 0.3) is 5.91 Å². The SMILES string of the molecule is Cc1nc(-c2ccsc2)sc1C(=O)NCCCNc1ccc(C(F)(F)F)cn1. The predicted octanol–water partition coefficient (Wildman–Crippen LogP) is 4.83. The lowest BCUT2D eigenvalue weighted by molar-refractivity contribution is -0.137. The first-order valence-electron chi connectivity index (χ1n) is 8.40. The molecule has 5 nitrogen and oxygen atoms in total. The molecule has 10 heteroatoms. The van der Waals surface area contributed by atoms with Crippen LogP contribution < -0.4 is 10.6 Å². The van der Waals surface area contributed by atoms with Crippen molar-refractivity contribution in [1.82, 2.24) is 15.3 Å². The zero-order chi connectivity index (χ0) is 20.1. The second-order valence-electron chi connectivity index (χ2n) is 5.91. The van der Waals surface area contributed by atoms with Crippen molar-refractivity contribution in [3.63, 3.8) is 0 Å². The molecule has 0 aliphatic heterocycles. The van der Waals surface area contributed by atoms with Gasteiger partial charge in [0.1, 0.15) is 15.7 Å². The van der Waals surface area contributed by atoms with E-state index in [2.05, 4.69) is 20.6 Å². The van der Waals surface area contributed by atoms with Gasteiger partial charge in [-0.3, -0.25) is 4.79 Å². The lowest BCUT2D eigenvalue weighted by atomic mass is 10.3. The summed E-state index contributed by atoms with van der Waals surface area (Å²) in [7, 11) is 0. The Hall–Kier alpha value is -2.46. The minimum absolute atomic E-state index is 0.177. The first-order valence-corrected chi connectivity index (χ1v) is 10.2. The number of nitrogens with zero attached hydrogens (tertiary/aromatic N) is 2. The molecule has 148 valence electrons. The van der Waals surface area contributed by atoms with Crippen LogP contribution in [0.3, 0.4) is 0 Å². The number of amides is 1. The van der Waals surface area contributed by atoms with Crippen LogP contribution in [0.1, 0.15) is 27.3 Å². The van der Waals surface area contributed by atoms with Crippen LogP contribution in [-0.2, 0) is 6.18 Å². The number of carbonyl (C=O) groups excluding carboxylic acids is 1. The number of carbonyl (C=O) groups is 1. The number of hydrogen-bond donors (Lipinski definition) is 2. The molecule has 0 aromatic carbocycles. The Labute approximate surface area is 167 Å². The molecule has 0 aliphatic carbocycles. The van der Waals surface area contributed by atoms with Crippen molar-refractivity contribution in [2.45, 2.75) is 19.5 Å². The topological polar surface area (TPSA) is 66.9 Å². The molecule has 0 saturated carbocycles. The molecule has 0 bridgehead atoms. The van der Waals surface area contributed by atoms with Gasteiger partial charge in [0.05, 0.1) is 11.3 Å². The Morgan fingerprint density at radius 3 is 2.68 bits per heavy atom. The van der Waals surface area contributed by atoms with Crippen LogP contribution in [0.15, 0.2) is 35.2 Å². The number of alkyl halides is 3.